The van der Waals surface area contributed by atoms with Crippen LogP contribution in [0.2, 0.25) is 0 Å². The number of anilines is 1. The fraction of sp³-hybridized carbons (Fsp3) is 0.519. The molecule has 1 saturated heterocycles. The van der Waals surface area contributed by atoms with Gasteiger partial charge in [-0.1, -0.05) is 49.6 Å². The summed E-state index contributed by atoms with van der Waals surface area (Å²) in [6.07, 6.45) is 8.69. The first-order valence-corrected chi connectivity index (χ1v) is 13.5. The van der Waals surface area contributed by atoms with Crippen molar-refractivity contribution in [3.05, 3.63) is 53.6 Å². The van der Waals surface area contributed by atoms with Crippen molar-refractivity contribution >= 4 is 29.5 Å². The van der Waals surface area contributed by atoms with E-state index in [1.54, 1.807) is 11.8 Å². The molecule has 1 atom stereocenters. The number of amides is 1. The highest BCUT2D eigenvalue weighted by molar-refractivity contribution is 7.99. The number of carbonyl (C=O) groups is 2. The number of carbonyl (C=O) groups excluding carboxylic acids is 1. The maximum absolute atomic E-state index is 13.2. The molecule has 182 valence electrons. The summed E-state index contributed by atoms with van der Waals surface area (Å²) in [6, 6.07) is 14.5. The molecule has 1 amide bonds. The van der Waals surface area contributed by atoms with Crippen LogP contribution in [0.15, 0.2) is 47.5 Å². The Morgan fingerprint density at radius 1 is 1.03 bits per heavy atom. The molecule has 1 aromatic carbocycles. The number of aromatic nitrogens is 1. The summed E-state index contributed by atoms with van der Waals surface area (Å²) in [7, 11) is 0. The fourth-order valence-electron chi connectivity index (χ4n) is 5.00. The number of carboxylic acid groups (broad SMARTS) is 1. The predicted octanol–water partition coefficient (Wildman–Crippen LogP) is 5.17. The normalized spacial score (nSPS) is 19.1. The average Bonchev–Trinajstić information content (AvgIpc) is 2.85. The van der Waals surface area contributed by atoms with E-state index in [4.69, 9.17) is 4.98 Å². The highest BCUT2D eigenvalue weighted by atomic mass is 32.2. The molecule has 7 heteroatoms. The Morgan fingerprint density at radius 3 is 2.59 bits per heavy atom. The van der Waals surface area contributed by atoms with E-state index in [9.17, 15) is 14.7 Å². The molecule has 1 unspecified atom stereocenters. The number of rotatable bonds is 9. The first-order valence-electron chi connectivity index (χ1n) is 12.5. The largest absolute Gasteiger partial charge is 0.481 e. The van der Waals surface area contributed by atoms with Crippen molar-refractivity contribution in [1.29, 1.82) is 0 Å². The van der Waals surface area contributed by atoms with E-state index in [1.807, 2.05) is 30.3 Å². The SMILES string of the molecule is O=C(O)CC1CCCN(c2ccc(C(=O)NC3CCCCC3)c(SCCc3ccccc3)n2)C1. The average molecular weight is 482 g/mol. The maximum atomic E-state index is 13.2. The molecule has 0 radical (unpaired) electrons. The Balaban J connectivity index is 1.49. The van der Waals surface area contributed by atoms with Gasteiger partial charge in [0.1, 0.15) is 10.8 Å². The maximum Gasteiger partial charge on any atom is 0.303 e. The van der Waals surface area contributed by atoms with E-state index in [0.29, 0.717) is 12.1 Å². The van der Waals surface area contributed by atoms with Crippen LogP contribution in [-0.2, 0) is 11.2 Å². The van der Waals surface area contributed by atoms with Crippen molar-refractivity contribution in [3.8, 4) is 0 Å². The first kappa shape index (κ1) is 24.6. The van der Waals surface area contributed by atoms with E-state index < -0.39 is 5.97 Å². The molecule has 2 aliphatic rings. The van der Waals surface area contributed by atoms with Gasteiger partial charge >= 0.3 is 5.97 Å². The Bertz CT molecular complexity index is 963. The third-order valence-corrected chi connectivity index (χ3v) is 7.80. The topological polar surface area (TPSA) is 82.5 Å². The van der Waals surface area contributed by atoms with Gasteiger partial charge in [-0.05, 0) is 55.7 Å². The van der Waals surface area contributed by atoms with Gasteiger partial charge in [-0.3, -0.25) is 9.59 Å². The van der Waals surface area contributed by atoms with Crippen LogP contribution in [-0.4, -0.2) is 46.9 Å². The number of benzene rings is 1. The van der Waals surface area contributed by atoms with Gasteiger partial charge < -0.3 is 15.3 Å². The van der Waals surface area contributed by atoms with Crippen molar-refractivity contribution in [2.75, 3.05) is 23.7 Å². The minimum atomic E-state index is -0.744. The zero-order valence-electron chi connectivity index (χ0n) is 19.7. The summed E-state index contributed by atoms with van der Waals surface area (Å²) in [6.45, 7) is 1.56. The van der Waals surface area contributed by atoms with Crippen molar-refractivity contribution in [2.24, 2.45) is 5.92 Å². The Labute approximate surface area is 206 Å². The Morgan fingerprint density at radius 2 is 1.82 bits per heavy atom. The number of aliphatic carboxylic acids is 1. The molecular weight excluding hydrogens is 446 g/mol. The molecule has 1 aliphatic heterocycles. The summed E-state index contributed by atoms with van der Waals surface area (Å²) in [4.78, 5) is 31.5. The van der Waals surface area contributed by atoms with Crippen LogP contribution >= 0.6 is 11.8 Å². The number of aryl methyl sites for hydroxylation is 1. The molecule has 0 bridgehead atoms. The van der Waals surface area contributed by atoms with Crippen molar-refractivity contribution in [1.82, 2.24) is 10.3 Å². The number of nitrogens with zero attached hydrogens (tertiary/aromatic N) is 2. The third-order valence-electron chi connectivity index (χ3n) is 6.81. The number of nitrogens with one attached hydrogen (secondary N) is 1. The lowest BCUT2D eigenvalue weighted by Gasteiger charge is -2.33. The molecule has 1 aliphatic carbocycles. The molecule has 2 aromatic rings. The first-order chi connectivity index (χ1) is 16.6. The summed E-state index contributed by atoms with van der Waals surface area (Å²) in [5, 5.41) is 13.2. The van der Waals surface area contributed by atoms with Crippen LogP contribution < -0.4 is 10.2 Å². The second-order valence-corrected chi connectivity index (χ2v) is 10.6. The van der Waals surface area contributed by atoms with Crippen molar-refractivity contribution < 1.29 is 14.7 Å². The highest BCUT2D eigenvalue weighted by Gasteiger charge is 2.25. The minimum absolute atomic E-state index is 0.0319. The van der Waals surface area contributed by atoms with E-state index in [1.165, 1.54) is 24.8 Å². The number of carboxylic acids is 1. The number of thioether (sulfide) groups is 1. The molecule has 1 saturated carbocycles. The molecule has 1 aromatic heterocycles. The van der Waals surface area contributed by atoms with Crippen LogP contribution in [0, 0.1) is 5.92 Å². The molecule has 2 fully saturated rings. The molecule has 6 nitrogen and oxygen atoms in total. The Kier molecular flexibility index (Phi) is 8.85. The minimum Gasteiger partial charge on any atom is -0.481 e. The summed E-state index contributed by atoms with van der Waals surface area (Å²) >= 11 is 1.63. The molecule has 2 N–H and O–H groups in total. The van der Waals surface area contributed by atoms with Gasteiger partial charge in [-0.2, -0.15) is 0 Å². The standard InChI is InChI=1S/C27H35N3O3S/c31-25(32)18-21-10-7-16-30(19-21)24-14-13-23(26(33)28-22-11-5-2-6-12-22)27(29-24)34-17-15-20-8-3-1-4-9-20/h1,3-4,8-9,13-14,21-22H,2,5-7,10-12,15-19H2,(H,28,33)(H,31,32). The number of piperidine rings is 1. The summed E-state index contributed by atoms with van der Waals surface area (Å²) in [5.74, 6) is 1.04. The van der Waals surface area contributed by atoms with Crippen molar-refractivity contribution in [3.63, 3.8) is 0 Å². The van der Waals surface area contributed by atoms with Crippen LogP contribution in [0.3, 0.4) is 0 Å². The second-order valence-electron chi connectivity index (χ2n) is 9.47. The smallest absolute Gasteiger partial charge is 0.303 e. The lowest BCUT2D eigenvalue weighted by molar-refractivity contribution is -0.138. The van der Waals surface area contributed by atoms with Crippen LogP contribution in [0.1, 0.15) is 67.3 Å². The molecule has 34 heavy (non-hydrogen) atoms. The quantitative estimate of drug-likeness (QED) is 0.481. The highest BCUT2D eigenvalue weighted by Crippen LogP contribution is 2.29. The van der Waals surface area contributed by atoms with E-state index in [-0.39, 0.29) is 24.3 Å². The van der Waals surface area contributed by atoms with Gasteiger partial charge in [-0.25, -0.2) is 4.98 Å². The van der Waals surface area contributed by atoms with Crippen LogP contribution in [0.5, 0.6) is 0 Å². The van der Waals surface area contributed by atoms with Gasteiger partial charge in [0.25, 0.3) is 5.91 Å². The lowest BCUT2D eigenvalue weighted by atomic mass is 9.95. The van der Waals surface area contributed by atoms with E-state index >= 15 is 0 Å². The van der Waals surface area contributed by atoms with E-state index in [0.717, 1.165) is 55.2 Å². The van der Waals surface area contributed by atoms with Crippen molar-refractivity contribution in [2.45, 2.75) is 68.9 Å². The summed E-state index contributed by atoms with van der Waals surface area (Å²) < 4.78 is 0. The number of hydrogen-bond donors (Lipinski definition) is 2. The molecular formula is C27H35N3O3S. The zero-order chi connectivity index (χ0) is 23.8. The number of hydrogen-bond acceptors (Lipinski definition) is 5. The van der Waals surface area contributed by atoms with E-state index in [2.05, 4.69) is 22.3 Å². The predicted molar refractivity (Wildman–Crippen MR) is 137 cm³/mol. The van der Waals surface area contributed by atoms with Gasteiger partial charge in [0.05, 0.1) is 5.56 Å². The van der Waals surface area contributed by atoms with Gasteiger partial charge in [0.15, 0.2) is 0 Å². The van der Waals surface area contributed by atoms with Gasteiger partial charge in [0, 0.05) is 31.3 Å². The van der Waals surface area contributed by atoms with Gasteiger partial charge in [0.2, 0.25) is 0 Å². The third kappa shape index (κ3) is 6.98. The van der Waals surface area contributed by atoms with Gasteiger partial charge in [-0.15, -0.1) is 11.8 Å². The molecule has 2 heterocycles. The lowest BCUT2D eigenvalue weighted by Crippen LogP contribution is -2.38. The fourth-order valence-corrected chi connectivity index (χ4v) is 6.00. The monoisotopic (exact) mass is 481 g/mol. The molecule has 4 rings (SSSR count). The number of pyridine rings is 1. The molecule has 0 spiro atoms. The second kappa shape index (κ2) is 12.2. The zero-order valence-corrected chi connectivity index (χ0v) is 20.6. The van der Waals surface area contributed by atoms with Crippen LogP contribution in [0.25, 0.3) is 0 Å². The van der Waals surface area contributed by atoms with Crippen LogP contribution in [0.4, 0.5) is 5.82 Å². The Hall–Kier alpha value is -2.54. The summed E-state index contributed by atoms with van der Waals surface area (Å²) in [5.41, 5.74) is 1.92.